The predicted molar refractivity (Wildman–Crippen MR) is 110 cm³/mol. The van der Waals surface area contributed by atoms with Gasteiger partial charge in [-0.05, 0) is 61.8 Å². The van der Waals surface area contributed by atoms with Crippen molar-refractivity contribution < 1.29 is 24.9 Å². The molecule has 0 aliphatic heterocycles. The van der Waals surface area contributed by atoms with Gasteiger partial charge in [-0.25, -0.2) is 0 Å². The van der Waals surface area contributed by atoms with Gasteiger partial charge in [0.25, 0.3) is 0 Å². The molecule has 1 aromatic rings. The number of carboxylic acids is 1. The summed E-state index contributed by atoms with van der Waals surface area (Å²) in [6.45, 7) is 0.372. The number of alkyl halides is 1. The van der Waals surface area contributed by atoms with E-state index in [2.05, 4.69) is 0 Å². The average Bonchev–Trinajstić information content (AvgIpc) is 2.88. The molecule has 0 saturated heterocycles. The number of aliphatic hydroxyl groups is 2. The van der Waals surface area contributed by atoms with Gasteiger partial charge in [0.1, 0.15) is 5.75 Å². The van der Waals surface area contributed by atoms with Gasteiger partial charge >= 0.3 is 5.97 Å². The van der Waals surface area contributed by atoms with Crippen LogP contribution in [0.3, 0.4) is 0 Å². The SMILES string of the molecule is O=C(O)CCC/C=C\C[C@@H]1[C@@H](COc2cc(Cl)cc(CCO)c2)[C@H](O)C[C@@H]1Cl. The van der Waals surface area contributed by atoms with E-state index in [1.165, 1.54) is 0 Å². The molecule has 5 nitrogen and oxygen atoms in total. The number of rotatable bonds is 11. The van der Waals surface area contributed by atoms with Crippen molar-refractivity contribution in [3.05, 3.63) is 40.9 Å². The standard InChI is InChI=1S/C21H28Cl2O5/c22-15-9-14(7-8-24)10-16(11-15)28-13-18-17(19(23)12-20(18)25)5-3-1-2-4-6-21(26)27/h1,3,9-11,17-20,24-25H,2,4-8,12-13H2,(H,26,27)/b3-1-/t17-,18-,19+,20-/m1/s1. The molecule has 0 unspecified atom stereocenters. The Morgan fingerprint density at radius 3 is 2.75 bits per heavy atom. The molecule has 1 aromatic carbocycles. The van der Waals surface area contributed by atoms with Gasteiger partial charge < -0.3 is 20.1 Å². The largest absolute Gasteiger partial charge is 0.493 e. The number of allylic oxidation sites excluding steroid dienone is 2. The van der Waals surface area contributed by atoms with E-state index in [-0.39, 0.29) is 30.2 Å². The molecule has 1 aliphatic rings. The Morgan fingerprint density at radius 2 is 2.04 bits per heavy atom. The molecule has 1 aliphatic carbocycles. The Hall–Kier alpha value is -1.27. The fraction of sp³-hybridized carbons (Fsp3) is 0.571. The number of aliphatic carboxylic acids is 1. The van der Waals surface area contributed by atoms with Crippen LogP contribution >= 0.6 is 23.2 Å². The van der Waals surface area contributed by atoms with Gasteiger partial charge in [-0.1, -0.05) is 23.8 Å². The highest BCUT2D eigenvalue weighted by Gasteiger charge is 2.41. The third-order valence-corrected chi connectivity index (χ3v) is 5.81. The number of benzene rings is 1. The van der Waals surface area contributed by atoms with Crippen molar-refractivity contribution in [1.82, 2.24) is 0 Å². The number of hydrogen-bond acceptors (Lipinski definition) is 4. The van der Waals surface area contributed by atoms with Crippen molar-refractivity contribution >= 4 is 29.2 Å². The topological polar surface area (TPSA) is 87.0 Å². The quantitative estimate of drug-likeness (QED) is 0.280. The molecule has 0 spiro atoms. The number of halogens is 2. The monoisotopic (exact) mass is 430 g/mol. The van der Waals surface area contributed by atoms with Crippen LogP contribution in [0.2, 0.25) is 5.02 Å². The van der Waals surface area contributed by atoms with Gasteiger partial charge in [-0.3, -0.25) is 4.79 Å². The number of hydrogen-bond donors (Lipinski definition) is 3. The molecule has 1 saturated carbocycles. The van der Waals surface area contributed by atoms with Crippen LogP contribution in [-0.2, 0) is 11.2 Å². The van der Waals surface area contributed by atoms with Crippen LogP contribution in [0.1, 0.15) is 37.7 Å². The van der Waals surface area contributed by atoms with Crippen molar-refractivity contribution in [3.8, 4) is 5.75 Å². The number of carboxylic acid groups (broad SMARTS) is 1. The maximum absolute atomic E-state index is 10.5. The van der Waals surface area contributed by atoms with E-state index >= 15 is 0 Å². The molecule has 156 valence electrons. The Bertz CT molecular complexity index is 664. The lowest BCUT2D eigenvalue weighted by atomic mass is 9.92. The zero-order valence-corrected chi connectivity index (χ0v) is 17.3. The van der Waals surface area contributed by atoms with Crippen LogP contribution in [0.15, 0.2) is 30.4 Å². The van der Waals surface area contributed by atoms with Crippen LogP contribution in [0, 0.1) is 11.8 Å². The predicted octanol–water partition coefficient (Wildman–Crippen LogP) is 4.06. The van der Waals surface area contributed by atoms with E-state index < -0.39 is 12.1 Å². The summed E-state index contributed by atoms with van der Waals surface area (Å²) >= 11 is 12.6. The molecule has 0 heterocycles. The Kier molecular flexibility index (Phi) is 9.59. The summed E-state index contributed by atoms with van der Waals surface area (Å²) in [4.78, 5) is 10.5. The number of carbonyl (C=O) groups is 1. The lowest BCUT2D eigenvalue weighted by Crippen LogP contribution is -2.27. The Morgan fingerprint density at radius 1 is 1.25 bits per heavy atom. The molecular weight excluding hydrogens is 403 g/mol. The summed E-state index contributed by atoms with van der Waals surface area (Å²) in [5, 5.41) is 28.6. The summed E-state index contributed by atoms with van der Waals surface area (Å²) in [7, 11) is 0. The minimum Gasteiger partial charge on any atom is -0.493 e. The zero-order valence-electron chi connectivity index (χ0n) is 15.8. The minimum absolute atomic E-state index is 0.0376. The number of ether oxygens (including phenoxy) is 1. The molecule has 3 N–H and O–H groups in total. The van der Waals surface area contributed by atoms with Crippen LogP contribution < -0.4 is 4.74 Å². The van der Waals surface area contributed by atoms with Crippen molar-refractivity contribution in [2.24, 2.45) is 11.8 Å². The lowest BCUT2D eigenvalue weighted by molar-refractivity contribution is -0.137. The van der Waals surface area contributed by atoms with Crippen molar-refractivity contribution in [2.45, 2.75) is 50.0 Å². The van der Waals surface area contributed by atoms with Crippen LogP contribution in [-0.4, -0.2) is 46.0 Å². The molecule has 0 amide bonds. The molecule has 0 bridgehead atoms. The second-order valence-corrected chi connectivity index (χ2v) is 8.22. The summed E-state index contributed by atoms with van der Waals surface area (Å²) in [5.74, 6) is -0.174. The van der Waals surface area contributed by atoms with E-state index in [9.17, 15) is 9.90 Å². The summed E-state index contributed by atoms with van der Waals surface area (Å²) in [5.41, 5.74) is 0.896. The van der Waals surface area contributed by atoms with E-state index in [4.69, 9.17) is 38.2 Å². The van der Waals surface area contributed by atoms with Crippen molar-refractivity contribution in [1.29, 1.82) is 0 Å². The molecule has 0 radical (unpaired) electrons. The fourth-order valence-electron chi connectivity index (χ4n) is 3.60. The summed E-state index contributed by atoms with van der Waals surface area (Å²) in [6.07, 6.45) is 6.71. The van der Waals surface area contributed by atoms with Gasteiger partial charge in [-0.2, -0.15) is 0 Å². The maximum Gasteiger partial charge on any atom is 0.303 e. The fourth-order valence-corrected chi connectivity index (χ4v) is 4.32. The van der Waals surface area contributed by atoms with Gasteiger partial charge in [0, 0.05) is 29.3 Å². The van der Waals surface area contributed by atoms with Gasteiger partial charge in [-0.15, -0.1) is 11.6 Å². The highest BCUT2D eigenvalue weighted by molar-refractivity contribution is 6.30. The van der Waals surface area contributed by atoms with E-state index in [1.807, 2.05) is 18.2 Å². The van der Waals surface area contributed by atoms with E-state index in [0.29, 0.717) is 43.1 Å². The van der Waals surface area contributed by atoms with Crippen LogP contribution in [0.5, 0.6) is 5.75 Å². The van der Waals surface area contributed by atoms with Crippen molar-refractivity contribution in [2.75, 3.05) is 13.2 Å². The molecule has 1 fully saturated rings. The lowest BCUT2D eigenvalue weighted by Gasteiger charge is -2.23. The van der Waals surface area contributed by atoms with E-state index in [1.54, 1.807) is 12.1 Å². The first-order valence-electron chi connectivity index (χ1n) is 9.62. The molecular formula is C21H28Cl2O5. The zero-order chi connectivity index (χ0) is 20.5. The Balaban J connectivity index is 1.91. The third-order valence-electron chi connectivity index (χ3n) is 5.09. The normalized spacial score (nSPS) is 24.7. The van der Waals surface area contributed by atoms with E-state index in [0.717, 1.165) is 12.0 Å². The third kappa shape index (κ3) is 7.28. The van der Waals surface area contributed by atoms with Gasteiger partial charge in [0.2, 0.25) is 0 Å². The minimum atomic E-state index is -0.784. The van der Waals surface area contributed by atoms with Gasteiger partial charge in [0.05, 0.1) is 12.7 Å². The summed E-state index contributed by atoms with van der Waals surface area (Å²) < 4.78 is 5.90. The second-order valence-electron chi connectivity index (χ2n) is 7.22. The maximum atomic E-state index is 10.5. The first-order chi connectivity index (χ1) is 13.4. The molecule has 28 heavy (non-hydrogen) atoms. The average molecular weight is 431 g/mol. The van der Waals surface area contributed by atoms with Crippen molar-refractivity contribution in [3.63, 3.8) is 0 Å². The molecule has 2 rings (SSSR count). The molecule has 7 heteroatoms. The molecule has 4 atom stereocenters. The highest BCUT2D eigenvalue weighted by Crippen LogP contribution is 2.39. The van der Waals surface area contributed by atoms with Crippen LogP contribution in [0.25, 0.3) is 0 Å². The first kappa shape index (κ1) is 23.0. The highest BCUT2D eigenvalue weighted by atomic mass is 35.5. The van der Waals surface area contributed by atoms with Crippen LogP contribution in [0.4, 0.5) is 0 Å². The van der Waals surface area contributed by atoms with Gasteiger partial charge in [0.15, 0.2) is 0 Å². The Labute approximate surface area is 175 Å². The number of unbranched alkanes of at least 4 members (excludes halogenated alkanes) is 1. The first-order valence-corrected chi connectivity index (χ1v) is 10.4. The smallest absolute Gasteiger partial charge is 0.303 e. The summed E-state index contributed by atoms with van der Waals surface area (Å²) in [6, 6.07) is 5.36. The second kappa shape index (κ2) is 11.7. The number of aliphatic hydroxyl groups excluding tert-OH is 2. The molecule has 0 aromatic heterocycles.